The lowest BCUT2D eigenvalue weighted by molar-refractivity contribution is 0.832. The van der Waals surface area contributed by atoms with Crippen molar-refractivity contribution in [3.05, 3.63) is 38.8 Å². The van der Waals surface area contributed by atoms with Gasteiger partial charge in [0.25, 0.3) is 0 Å². The van der Waals surface area contributed by atoms with E-state index in [1.165, 1.54) is 4.88 Å². The van der Waals surface area contributed by atoms with Crippen molar-refractivity contribution in [3.63, 3.8) is 0 Å². The molecule has 0 aromatic carbocycles. The molecule has 0 atom stereocenters. The Labute approximate surface area is 114 Å². The largest absolute Gasteiger partial charge is 0.364 e. The van der Waals surface area contributed by atoms with Crippen LogP contribution in [0.25, 0.3) is 0 Å². The van der Waals surface area contributed by atoms with Crippen molar-refractivity contribution < 1.29 is 0 Å². The zero-order valence-electron chi connectivity index (χ0n) is 9.23. The van der Waals surface area contributed by atoms with Crippen LogP contribution in [-0.2, 0) is 6.54 Å². The number of rotatable bonds is 4. The van der Waals surface area contributed by atoms with Crippen LogP contribution in [0.4, 0.5) is 5.69 Å². The highest BCUT2D eigenvalue weighted by atomic mass is 35.5. The first-order chi connectivity index (χ1) is 8.20. The highest BCUT2D eigenvalue weighted by Crippen LogP contribution is 2.27. The predicted octanol–water partition coefficient (Wildman–Crippen LogP) is 3.87. The van der Waals surface area contributed by atoms with E-state index in [1.807, 2.05) is 6.07 Å². The Bertz CT molecular complexity index is 487. The lowest BCUT2D eigenvalue weighted by atomic mass is 10.3. The van der Waals surface area contributed by atoms with Crippen LogP contribution in [0, 0.1) is 0 Å². The molecule has 2 aromatic rings. The van der Waals surface area contributed by atoms with Crippen LogP contribution in [0.3, 0.4) is 0 Å². The summed E-state index contributed by atoms with van der Waals surface area (Å²) in [6.07, 6.45) is 0. The van der Waals surface area contributed by atoms with Crippen molar-refractivity contribution >= 4 is 40.2 Å². The number of halogens is 2. The first-order valence-electron chi connectivity index (χ1n) is 5.16. The lowest BCUT2D eigenvalue weighted by Crippen LogP contribution is -2.22. The summed E-state index contributed by atoms with van der Waals surface area (Å²) >= 11 is 13.6. The average molecular weight is 288 g/mol. The average Bonchev–Trinajstić information content (AvgIpc) is 2.82. The maximum absolute atomic E-state index is 6.04. The summed E-state index contributed by atoms with van der Waals surface area (Å²) in [7, 11) is 0. The molecular formula is C11H11Cl2N3S. The molecule has 0 spiro atoms. The van der Waals surface area contributed by atoms with Crippen LogP contribution in [0.1, 0.15) is 11.8 Å². The number of hydrogen-bond donors (Lipinski definition) is 0. The second kappa shape index (κ2) is 5.67. The minimum absolute atomic E-state index is 0.356. The summed E-state index contributed by atoms with van der Waals surface area (Å²) in [4.78, 5) is 3.39. The topological polar surface area (TPSA) is 29.0 Å². The quantitative estimate of drug-likeness (QED) is 0.855. The van der Waals surface area contributed by atoms with E-state index in [0.717, 1.165) is 18.8 Å². The number of nitrogens with zero attached hydrogens (tertiary/aromatic N) is 3. The van der Waals surface area contributed by atoms with Gasteiger partial charge in [-0.3, -0.25) is 0 Å². The van der Waals surface area contributed by atoms with Gasteiger partial charge in [0, 0.05) is 17.5 Å². The number of anilines is 1. The van der Waals surface area contributed by atoms with E-state index in [2.05, 4.69) is 33.5 Å². The Morgan fingerprint density at radius 3 is 2.82 bits per heavy atom. The second-order valence-corrected chi connectivity index (χ2v) is 5.21. The second-order valence-electron chi connectivity index (χ2n) is 3.44. The van der Waals surface area contributed by atoms with Gasteiger partial charge in [-0.05, 0) is 18.4 Å². The molecule has 0 radical (unpaired) electrons. The molecule has 0 N–H and O–H groups in total. The third kappa shape index (κ3) is 3.09. The van der Waals surface area contributed by atoms with E-state index in [1.54, 1.807) is 17.4 Å². The molecule has 0 amide bonds. The fourth-order valence-electron chi connectivity index (χ4n) is 1.52. The molecule has 0 fully saturated rings. The zero-order valence-corrected chi connectivity index (χ0v) is 11.6. The minimum atomic E-state index is 0.356. The molecule has 0 saturated carbocycles. The van der Waals surface area contributed by atoms with Crippen LogP contribution < -0.4 is 4.90 Å². The van der Waals surface area contributed by atoms with Crippen LogP contribution in [0.2, 0.25) is 10.3 Å². The molecule has 17 heavy (non-hydrogen) atoms. The predicted molar refractivity (Wildman–Crippen MR) is 73.1 cm³/mol. The Kier molecular flexibility index (Phi) is 4.20. The third-order valence-corrected chi connectivity index (χ3v) is 3.66. The molecule has 2 rings (SSSR count). The number of thiophene rings is 1. The van der Waals surface area contributed by atoms with Crippen LogP contribution >= 0.6 is 34.5 Å². The molecule has 0 aliphatic rings. The van der Waals surface area contributed by atoms with Crippen molar-refractivity contribution in [2.45, 2.75) is 13.5 Å². The molecule has 2 heterocycles. The molecule has 0 bridgehead atoms. The molecule has 2 aromatic heterocycles. The van der Waals surface area contributed by atoms with E-state index in [-0.39, 0.29) is 0 Å². The zero-order chi connectivity index (χ0) is 12.3. The molecule has 0 unspecified atom stereocenters. The summed E-state index contributed by atoms with van der Waals surface area (Å²) in [6, 6.07) is 5.87. The molecule has 6 heteroatoms. The van der Waals surface area contributed by atoms with Crippen molar-refractivity contribution in [3.8, 4) is 0 Å². The Morgan fingerprint density at radius 2 is 2.18 bits per heavy atom. The number of hydrogen-bond acceptors (Lipinski definition) is 4. The normalized spacial score (nSPS) is 10.5. The van der Waals surface area contributed by atoms with Gasteiger partial charge in [-0.2, -0.15) is 0 Å². The van der Waals surface area contributed by atoms with E-state index < -0.39 is 0 Å². The van der Waals surface area contributed by atoms with Gasteiger partial charge < -0.3 is 4.90 Å². The first-order valence-corrected chi connectivity index (χ1v) is 6.80. The summed E-state index contributed by atoms with van der Waals surface area (Å²) in [5, 5.41) is 10.3. The van der Waals surface area contributed by atoms with Gasteiger partial charge in [0.15, 0.2) is 10.3 Å². The highest BCUT2D eigenvalue weighted by Gasteiger charge is 2.12. The Balaban J connectivity index is 2.25. The van der Waals surface area contributed by atoms with Crippen molar-refractivity contribution in [1.29, 1.82) is 0 Å². The summed E-state index contributed by atoms with van der Waals surface area (Å²) in [5.74, 6) is 0. The molecule has 0 saturated heterocycles. The standard InChI is InChI=1S/C11H11Cl2N3S/c1-2-16(7-8-4-3-5-17-8)9-6-10(12)14-15-11(9)13/h3-6H,2,7H2,1H3. The maximum Gasteiger partial charge on any atom is 0.175 e. The van der Waals surface area contributed by atoms with E-state index in [4.69, 9.17) is 23.2 Å². The highest BCUT2D eigenvalue weighted by molar-refractivity contribution is 7.09. The summed E-state index contributed by atoms with van der Waals surface area (Å²) in [5.41, 5.74) is 0.822. The van der Waals surface area contributed by atoms with Gasteiger partial charge in [0.05, 0.1) is 12.2 Å². The van der Waals surface area contributed by atoms with Gasteiger partial charge in [0.1, 0.15) is 0 Å². The maximum atomic E-state index is 6.04. The van der Waals surface area contributed by atoms with Crippen molar-refractivity contribution in [2.24, 2.45) is 0 Å². The van der Waals surface area contributed by atoms with Gasteiger partial charge in [-0.15, -0.1) is 21.5 Å². The third-order valence-electron chi connectivity index (χ3n) is 2.35. The Morgan fingerprint density at radius 1 is 1.35 bits per heavy atom. The monoisotopic (exact) mass is 287 g/mol. The first kappa shape index (κ1) is 12.6. The van der Waals surface area contributed by atoms with Crippen LogP contribution in [0.15, 0.2) is 23.6 Å². The van der Waals surface area contributed by atoms with Gasteiger partial charge in [-0.25, -0.2) is 0 Å². The van der Waals surface area contributed by atoms with Gasteiger partial charge >= 0.3 is 0 Å². The fourth-order valence-corrected chi connectivity index (χ4v) is 2.60. The van der Waals surface area contributed by atoms with Gasteiger partial charge in [0.2, 0.25) is 0 Å². The van der Waals surface area contributed by atoms with Crippen molar-refractivity contribution in [2.75, 3.05) is 11.4 Å². The van der Waals surface area contributed by atoms with E-state index >= 15 is 0 Å². The Hall–Kier alpha value is -0.840. The SMILES string of the molecule is CCN(Cc1cccs1)c1cc(Cl)nnc1Cl. The minimum Gasteiger partial charge on any atom is -0.364 e. The van der Waals surface area contributed by atoms with Crippen LogP contribution in [-0.4, -0.2) is 16.7 Å². The fraction of sp³-hybridized carbons (Fsp3) is 0.273. The molecule has 0 aliphatic heterocycles. The summed E-state index contributed by atoms with van der Waals surface area (Å²) < 4.78 is 0. The summed E-state index contributed by atoms with van der Waals surface area (Å²) in [6.45, 7) is 3.70. The smallest absolute Gasteiger partial charge is 0.175 e. The molecule has 0 aliphatic carbocycles. The van der Waals surface area contributed by atoms with E-state index in [9.17, 15) is 0 Å². The molecule has 90 valence electrons. The van der Waals surface area contributed by atoms with Crippen molar-refractivity contribution in [1.82, 2.24) is 10.2 Å². The lowest BCUT2D eigenvalue weighted by Gasteiger charge is -2.22. The van der Waals surface area contributed by atoms with Crippen LogP contribution in [0.5, 0.6) is 0 Å². The van der Waals surface area contributed by atoms with Gasteiger partial charge in [-0.1, -0.05) is 29.3 Å². The molecular weight excluding hydrogens is 277 g/mol. The number of aromatic nitrogens is 2. The molecule has 3 nitrogen and oxygen atoms in total. The van der Waals surface area contributed by atoms with E-state index in [0.29, 0.717) is 10.3 Å².